The first kappa shape index (κ1) is 20.6. The second kappa shape index (κ2) is 8.20. The van der Waals surface area contributed by atoms with Gasteiger partial charge in [0.1, 0.15) is 5.60 Å². The summed E-state index contributed by atoms with van der Waals surface area (Å²) in [6, 6.07) is 18.7. The van der Waals surface area contributed by atoms with Crippen molar-refractivity contribution in [2.75, 3.05) is 4.90 Å². The third-order valence-corrected chi connectivity index (χ3v) is 4.64. The Balaban J connectivity index is 1.90. The lowest BCUT2D eigenvalue weighted by Crippen LogP contribution is -2.34. The second-order valence-electron chi connectivity index (χ2n) is 8.08. The van der Waals surface area contributed by atoms with E-state index in [0.717, 1.165) is 10.9 Å². The van der Waals surface area contributed by atoms with Crippen molar-refractivity contribution in [2.45, 2.75) is 33.0 Å². The Bertz CT molecular complexity index is 1230. The number of fused-ring (bicyclic) bond motifs is 1. The molecule has 0 unspecified atom stereocenters. The monoisotopic (exact) mass is 416 g/mol. The van der Waals surface area contributed by atoms with Crippen LogP contribution in [0, 0.1) is 0 Å². The number of aromatic nitrogens is 3. The third kappa shape index (κ3) is 4.27. The molecule has 158 valence electrons. The number of ether oxygens (including phenoxy) is 1. The largest absolute Gasteiger partial charge is 0.443 e. The van der Waals surface area contributed by atoms with Crippen LogP contribution in [0.2, 0.25) is 0 Å². The predicted octanol–water partition coefficient (Wildman–Crippen LogP) is 4.99. The Labute approximate surface area is 180 Å². The summed E-state index contributed by atoms with van der Waals surface area (Å²) < 4.78 is 7.34. The van der Waals surface area contributed by atoms with Gasteiger partial charge in [-0.25, -0.2) is 14.4 Å². The molecule has 0 fully saturated rings. The first-order chi connectivity index (χ1) is 14.9. The van der Waals surface area contributed by atoms with E-state index in [4.69, 9.17) is 4.74 Å². The van der Waals surface area contributed by atoms with Crippen LogP contribution in [0.1, 0.15) is 26.5 Å². The molecule has 0 aliphatic heterocycles. The summed E-state index contributed by atoms with van der Waals surface area (Å²) in [5.74, 6) is 0. The number of nitrogens with zero attached hydrogens (tertiary/aromatic N) is 4. The van der Waals surface area contributed by atoms with Gasteiger partial charge in [-0.05, 0) is 51.1 Å². The number of amides is 1. The highest BCUT2D eigenvalue weighted by atomic mass is 16.6. The number of carbonyl (C=O) groups is 1. The van der Waals surface area contributed by atoms with E-state index in [2.05, 4.69) is 10.1 Å². The van der Waals surface area contributed by atoms with E-state index in [1.165, 1.54) is 4.90 Å². The minimum Gasteiger partial charge on any atom is -0.443 e. The van der Waals surface area contributed by atoms with Crippen molar-refractivity contribution in [1.29, 1.82) is 0 Å². The molecule has 31 heavy (non-hydrogen) atoms. The number of hydrogen-bond acceptors (Lipinski definition) is 5. The van der Waals surface area contributed by atoms with Crippen molar-refractivity contribution < 1.29 is 14.6 Å². The normalized spacial score (nSPS) is 11.5. The number of aliphatic hydroxyl groups excluding tert-OH is 1. The number of rotatable bonds is 4. The molecule has 1 amide bonds. The van der Waals surface area contributed by atoms with E-state index in [9.17, 15) is 9.90 Å². The molecule has 4 aromatic rings. The van der Waals surface area contributed by atoms with Gasteiger partial charge in [-0.15, -0.1) is 0 Å². The molecule has 0 radical (unpaired) electrons. The Morgan fingerprint density at radius 1 is 1.10 bits per heavy atom. The number of hydrogen-bond donors (Lipinski definition) is 1. The molecule has 0 aliphatic rings. The van der Waals surface area contributed by atoms with E-state index >= 15 is 0 Å². The van der Waals surface area contributed by atoms with Crippen LogP contribution in [0.25, 0.3) is 16.6 Å². The Kier molecular flexibility index (Phi) is 5.44. The van der Waals surface area contributed by atoms with Gasteiger partial charge in [0, 0.05) is 11.6 Å². The molecule has 2 aromatic carbocycles. The lowest BCUT2D eigenvalue weighted by atomic mass is 10.1. The molecular weight excluding hydrogens is 392 g/mol. The summed E-state index contributed by atoms with van der Waals surface area (Å²) in [5.41, 5.74) is 2.52. The zero-order valence-electron chi connectivity index (χ0n) is 17.7. The quantitative estimate of drug-likeness (QED) is 0.507. The van der Waals surface area contributed by atoms with Crippen LogP contribution in [-0.2, 0) is 11.3 Å². The van der Waals surface area contributed by atoms with Crippen LogP contribution in [-0.4, -0.2) is 31.6 Å². The first-order valence-electron chi connectivity index (χ1n) is 9.98. The maximum Gasteiger partial charge on any atom is 0.419 e. The topological polar surface area (TPSA) is 80.5 Å². The molecule has 2 aromatic heterocycles. The van der Waals surface area contributed by atoms with Crippen molar-refractivity contribution in [3.8, 4) is 5.69 Å². The van der Waals surface area contributed by atoms with Crippen molar-refractivity contribution in [3.05, 3.63) is 78.8 Å². The SMILES string of the molecule is CC(C)(C)OC(=O)N(c1cnc2ccccc2c1)c1ccccc1-n1nccc1CO. The molecule has 2 heterocycles. The zero-order chi connectivity index (χ0) is 22.0. The van der Waals surface area contributed by atoms with Crippen LogP contribution in [0.4, 0.5) is 16.2 Å². The van der Waals surface area contributed by atoms with E-state index in [1.807, 2.05) is 75.4 Å². The Hall–Kier alpha value is -3.71. The fraction of sp³-hybridized carbons (Fsp3) is 0.208. The van der Waals surface area contributed by atoms with E-state index in [1.54, 1.807) is 23.1 Å². The highest BCUT2D eigenvalue weighted by molar-refractivity contribution is 6.00. The minimum atomic E-state index is -0.684. The highest BCUT2D eigenvalue weighted by Gasteiger charge is 2.28. The van der Waals surface area contributed by atoms with E-state index < -0.39 is 11.7 Å². The maximum absolute atomic E-state index is 13.4. The summed E-state index contributed by atoms with van der Waals surface area (Å²) in [6.45, 7) is 5.29. The summed E-state index contributed by atoms with van der Waals surface area (Å²) >= 11 is 0. The maximum atomic E-state index is 13.4. The Morgan fingerprint density at radius 2 is 1.84 bits per heavy atom. The number of benzene rings is 2. The summed E-state index contributed by atoms with van der Waals surface area (Å²) in [4.78, 5) is 19.4. The van der Waals surface area contributed by atoms with Crippen LogP contribution < -0.4 is 4.90 Å². The van der Waals surface area contributed by atoms with Crippen molar-refractivity contribution in [3.63, 3.8) is 0 Å². The smallest absolute Gasteiger partial charge is 0.419 e. The van der Waals surface area contributed by atoms with Crippen molar-refractivity contribution in [2.24, 2.45) is 0 Å². The van der Waals surface area contributed by atoms with Crippen LogP contribution in [0.5, 0.6) is 0 Å². The fourth-order valence-electron chi connectivity index (χ4n) is 3.33. The Morgan fingerprint density at radius 3 is 2.61 bits per heavy atom. The number of para-hydroxylation sites is 3. The lowest BCUT2D eigenvalue weighted by Gasteiger charge is -2.29. The molecular formula is C24H24N4O3. The minimum absolute atomic E-state index is 0.182. The zero-order valence-corrected chi connectivity index (χ0v) is 17.7. The number of anilines is 2. The molecule has 0 aliphatic carbocycles. The molecule has 7 heteroatoms. The predicted molar refractivity (Wildman–Crippen MR) is 120 cm³/mol. The standard InChI is InChI=1S/C24H24N4O3/c1-24(2,3)31-23(30)27(19-14-17-8-4-5-9-20(17)25-15-19)21-10-6-7-11-22(21)28-18(16-29)12-13-26-28/h4-15,29H,16H2,1-3H3. The van der Waals surface area contributed by atoms with E-state index in [0.29, 0.717) is 22.8 Å². The number of carbonyl (C=O) groups excluding carboxylic acids is 1. The van der Waals surface area contributed by atoms with Gasteiger partial charge in [-0.2, -0.15) is 5.10 Å². The average molecular weight is 416 g/mol. The van der Waals surface area contributed by atoms with Gasteiger partial charge in [0.05, 0.1) is 41.1 Å². The second-order valence-corrected chi connectivity index (χ2v) is 8.08. The van der Waals surface area contributed by atoms with Gasteiger partial charge in [0.25, 0.3) is 0 Å². The average Bonchev–Trinajstić information content (AvgIpc) is 3.21. The van der Waals surface area contributed by atoms with Crippen molar-refractivity contribution in [1.82, 2.24) is 14.8 Å². The molecule has 7 nitrogen and oxygen atoms in total. The van der Waals surface area contributed by atoms with Gasteiger partial charge < -0.3 is 9.84 Å². The van der Waals surface area contributed by atoms with Crippen LogP contribution in [0.15, 0.2) is 73.1 Å². The number of aliphatic hydroxyl groups is 1. The number of pyridine rings is 1. The van der Waals surface area contributed by atoms with Gasteiger partial charge in [0.2, 0.25) is 0 Å². The van der Waals surface area contributed by atoms with Crippen LogP contribution >= 0.6 is 0 Å². The lowest BCUT2D eigenvalue weighted by molar-refractivity contribution is 0.0599. The molecule has 0 spiro atoms. The summed E-state index contributed by atoms with van der Waals surface area (Å²) in [5, 5.41) is 15.0. The highest BCUT2D eigenvalue weighted by Crippen LogP contribution is 2.34. The van der Waals surface area contributed by atoms with Gasteiger partial charge in [-0.3, -0.25) is 4.98 Å². The van der Waals surface area contributed by atoms with Gasteiger partial charge >= 0.3 is 6.09 Å². The fourth-order valence-corrected chi connectivity index (χ4v) is 3.33. The summed E-state index contributed by atoms with van der Waals surface area (Å²) in [7, 11) is 0. The van der Waals surface area contributed by atoms with Crippen LogP contribution in [0.3, 0.4) is 0 Å². The van der Waals surface area contributed by atoms with Crippen molar-refractivity contribution >= 4 is 28.4 Å². The molecule has 0 bridgehead atoms. The summed E-state index contributed by atoms with van der Waals surface area (Å²) in [6.07, 6.45) is 2.73. The third-order valence-electron chi connectivity index (χ3n) is 4.64. The molecule has 0 saturated heterocycles. The molecule has 4 rings (SSSR count). The van der Waals surface area contributed by atoms with Gasteiger partial charge in [0.15, 0.2) is 0 Å². The first-order valence-corrected chi connectivity index (χ1v) is 9.98. The van der Waals surface area contributed by atoms with Gasteiger partial charge in [-0.1, -0.05) is 30.3 Å². The molecule has 0 atom stereocenters. The molecule has 0 saturated carbocycles. The molecule has 1 N–H and O–H groups in total. The van der Waals surface area contributed by atoms with E-state index in [-0.39, 0.29) is 6.61 Å².